The lowest BCUT2D eigenvalue weighted by Crippen LogP contribution is -2.11. The molecule has 0 spiro atoms. The summed E-state index contributed by atoms with van der Waals surface area (Å²) in [5.74, 6) is 0.405. The Hall–Kier alpha value is -3.68. The highest BCUT2D eigenvalue weighted by Gasteiger charge is 2.10. The van der Waals surface area contributed by atoms with Gasteiger partial charge in [-0.1, -0.05) is 12.1 Å². The molecule has 3 rings (SSSR count). The van der Waals surface area contributed by atoms with Crippen LogP contribution < -0.4 is 10.1 Å². The Labute approximate surface area is 149 Å². The minimum Gasteiger partial charge on any atom is -0.497 e. The highest BCUT2D eigenvalue weighted by atomic mass is 16.6. The monoisotopic (exact) mass is 352 g/mol. The van der Waals surface area contributed by atoms with Gasteiger partial charge < -0.3 is 10.1 Å². The zero-order valence-corrected chi connectivity index (χ0v) is 14.0. The predicted octanol–water partition coefficient (Wildman–Crippen LogP) is 3.10. The Kier molecular flexibility index (Phi) is 4.93. The summed E-state index contributed by atoms with van der Waals surface area (Å²) in [7, 11) is 1.61. The lowest BCUT2D eigenvalue weighted by atomic mass is 10.2. The number of nitro benzene ring substituents is 1. The van der Waals surface area contributed by atoms with Gasteiger partial charge in [0.05, 0.1) is 30.5 Å². The fraction of sp³-hybridized carbons (Fsp3) is 0.111. The van der Waals surface area contributed by atoms with E-state index in [0.717, 1.165) is 11.3 Å². The number of ether oxygens (including phenoxy) is 1. The second-order valence-electron chi connectivity index (χ2n) is 5.54. The van der Waals surface area contributed by atoms with E-state index < -0.39 is 4.92 Å². The molecule has 0 aliphatic carbocycles. The van der Waals surface area contributed by atoms with E-state index in [1.54, 1.807) is 24.2 Å². The molecule has 0 bridgehead atoms. The maximum atomic E-state index is 12.2. The molecule has 1 aromatic heterocycles. The molecule has 1 N–H and O–H groups in total. The van der Waals surface area contributed by atoms with Crippen molar-refractivity contribution in [3.8, 4) is 5.75 Å². The van der Waals surface area contributed by atoms with Gasteiger partial charge in [0, 0.05) is 23.9 Å². The van der Waals surface area contributed by atoms with Crippen molar-refractivity contribution in [2.75, 3.05) is 12.4 Å². The van der Waals surface area contributed by atoms with Gasteiger partial charge in [0.1, 0.15) is 5.75 Å². The highest BCUT2D eigenvalue weighted by molar-refractivity contribution is 6.04. The van der Waals surface area contributed by atoms with Crippen LogP contribution in [0.1, 0.15) is 15.9 Å². The number of anilines is 1. The maximum absolute atomic E-state index is 12.2. The number of nitrogens with zero attached hydrogens (tertiary/aromatic N) is 3. The number of methoxy groups -OCH3 is 1. The van der Waals surface area contributed by atoms with Crippen molar-refractivity contribution in [1.29, 1.82) is 0 Å². The van der Waals surface area contributed by atoms with E-state index in [9.17, 15) is 14.9 Å². The van der Waals surface area contributed by atoms with E-state index >= 15 is 0 Å². The molecule has 0 aliphatic rings. The molecule has 0 fully saturated rings. The quantitative estimate of drug-likeness (QED) is 0.543. The smallest absolute Gasteiger partial charge is 0.269 e. The van der Waals surface area contributed by atoms with Gasteiger partial charge in [-0.25, -0.2) is 0 Å². The van der Waals surface area contributed by atoms with Gasteiger partial charge in [0.15, 0.2) is 0 Å². The first-order valence-electron chi connectivity index (χ1n) is 7.76. The molecule has 0 radical (unpaired) electrons. The molecule has 3 aromatic rings. The summed E-state index contributed by atoms with van der Waals surface area (Å²) in [5.41, 5.74) is 1.82. The van der Waals surface area contributed by atoms with Crippen LogP contribution in [0.5, 0.6) is 5.75 Å². The molecule has 2 aromatic carbocycles. The summed E-state index contributed by atoms with van der Waals surface area (Å²) in [6.45, 7) is 0.532. The molecule has 1 amide bonds. The van der Waals surface area contributed by atoms with E-state index in [2.05, 4.69) is 10.4 Å². The van der Waals surface area contributed by atoms with E-state index in [1.807, 2.05) is 24.3 Å². The normalized spacial score (nSPS) is 10.3. The summed E-state index contributed by atoms with van der Waals surface area (Å²) < 4.78 is 6.89. The predicted molar refractivity (Wildman–Crippen MR) is 95.4 cm³/mol. The molecule has 0 saturated heterocycles. The molecule has 132 valence electrons. The third-order valence-electron chi connectivity index (χ3n) is 3.71. The topological polar surface area (TPSA) is 99.3 Å². The van der Waals surface area contributed by atoms with Crippen LogP contribution in [0.4, 0.5) is 11.4 Å². The average molecular weight is 352 g/mol. The molecule has 8 nitrogen and oxygen atoms in total. The summed E-state index contributed by atoms with van der Waals surface area (Å²) in [6.07, 6.45) is 3.26. The number of amides is 1. The van der Waals surface area contributed by atoms with Crippen LogP contribution >= 0.6 is 0 Å². The number of nitrogens with one attached hydrogen (secondary N) is 1. The van der Waals surface area contributed by atoms with Gasteiger partial charge in [-0.05, 0) is 29.8 Å². The highest BCUT2D eigenvalue weighted by Crippen LogP contribution is 2.16. The van der Waals surface area contributed by atoms with Crippen LogP contribution in [0.25, 0.3) is 0 Å². The minimum atomic E-state index is -0.510. The van der Waals surface area contributed by atoms with E-state index in [4.69, 9.17) is 4.74 Å². The standard InChI is InChI=1S/C18H16N4O4/c1-26-17-4-2-3-13(9-17)11-21-12-15(10-19-21)20-18(23)14-5-7-16(8-6-14)22(24)25/h2-10,12H,11H2,1H3,(H,20,23). The first-order chi connectivity index (χ1) is 12.5. The number of carbonyl (C=O) groups is 1. The molecule has 0 atom stereocenters. The minimum absolute atomic E-state index is 0.0624. The van der Waals surface area contributed by atoms with Gasteiger partial charge >= 0.3 is 0 Å². The van der Waals surface area contributed by atoms with Crippen molar-refractivity contribution in [3.05, 3.63) is 82.2 Å². The second-order valence-corrected chi connectivity index (χ2v) is 5.54. The van der Waals surface area contributed by atoms with E-state index in [-0.39, 0.29) is 11.6 Å². The SMILES string of the molecule is COc1cccc(Cn2cc(NC(=O)c3ccc([N+](=O)[O-])cc3)cn2)c1. The zero-order chi connectivity index (χ0) is 18.5. The van der Waals surface area contributed by atoms with Crippen molar-refractivity contribution in [2.45, 2.75) is 6.54 Å². The van der Waals surface area contributed by atoms with Crippen molar-refractivity contribution in [2.24, 2.45) is 0 Å². The third-order valence-corrected chi connectivity index (χ3v) is 3.71. The lowest BCUT2D eigenvalue weighted by molar-refractivity contribution is -0.384. The number of aromatic nitrogens is 2. The number of benzene rings is 2. The average Bonchev–Trinajstić information content (AvgIpc) is 3.08. The number of non-ortho nitro benzene ring substituents is 1. The molecule has 26 heavy (non-hydrogen) atoms. The molecule has 1 heterocycles. The summed E-state index contributed by atoms with van der Waals surface area (Å²) in [6, 6.07) is 13.0. The number of rotatable bonds is 6. The zero-order valence-electron chi connectivity index (χ0n) is 14.0. The summed E-state index contributed by atoms with van der Waals surface area (Å²) in [4.78, 5) is 22.4. The Bertz CT molecular complexity index is 934. The van der Waals surface area contributed by atoms with Crippen molar-refractivity contribution in [1.82, 2.24) is 9.78 Å². The number of carbonyl (C=O) groups excluding carboxylic acids is 1. The largest absolute Gasteiger partial charge is 0.497 e. The summed E-state index contributed by atoms with van der Waals surface area (Å²) in [5, 5.41) is 17.6. The molecular weight excluding hydrogens is 336 g/mol. The van der Waals surface area contributed by atoms with Crippen molar-refractivity contribution >= 4 is 17.3 Å². The van der Waals surface area contributed by atoms with Gasteiger partial charge in [-0.3, -0.25) is 19.6 Å². The fourth-order valence-corrected chi connectivity index (χ4v) is 2.41. The van der Waals surface area contributed by atoms with Crippen molar-refractivity contribution in [3.63, 3.8) is 0 Å². The maximum Gasteiger partial charge on any atom is 0.269 e. The molecular formula is C18H16N4O4. The molecule has 0 unspecified atom stereocenters. The second kappa shape index (κ2) is 7.47. The van der Waals surface area contributed by atoms with E-state index in [0.29, 0.717) is 17.8 Å². The van der Waals surface area contributed by atoms with Crippen molar-refractivity contribution < 1.29 is 14.5 Å². The first-order valence-corrected chi connectivity index (χ1v) is 7.76. The lowest BCUT2D eigenvalue weighted by Gasteiger charge is -2.05. The Morgan fingerprint density at radius 3 is 2.73 bits per heavy atom. The number of nitro groups is 1. The fourth-order valence-electron chi connectivity index (χ4n) is 2.41. The van der Waals surface area contributed by atoms with E-state index in [1.165, 1.54) is 24.3 Å². The van der Waals surface area contributed by atoms with Gasteiger partial charge in [0.25, 0.3) is 11.6 Å². The number of hydrogen-bond acceptors (Lipinski definition) is 5. The number of hydrogen-bond donors (Lipinski definition) is 1. The Morgan fingerprint density at radius 1 is 1.27 bits per heavy atom. The summed E-state index contributed by atoms with van der Waals surface area (Å²) >= 11 is 0. The van der Waals surface area contributed by atoms with Crippen LogP contribution in [0.2, 0.25) is 0 Å². The molecule has 0 saturated carbocycles. The third kappa shape index (κ3) is 4.04. The van der Waals surface area contributed by atoms with Crippen LogP contribution in [0.15, 0.2) is 60.9 Å². The van der Waals surface area contributed by atoms with Crippen LogP contribution in [0, 0.1) is 10.1 Å². The van der Waals surface area contributed by atoms with Gasteiger partial charge in [-0.15, -0.1) is 0 Å². The van der Waals surface area contributed by atoms with Crippen LogP contribution in [-0.4, -0.2) is 27.7 Å². The van der Waals surface area contributed by atoms with Gasteiger partial charge in [0.2, 0.25) is 0 Å². The van der Waals surface area contributed by atoms with Crippen LogP contribution in [-0.2, 0) is 6.54 Å². The van der Waals surface area contributed by atoms with Gasteiger partial charge in [-0.2, -0.15) is 5.10 Å². The Balaban J connectivity index is 1.65. The first kappa shape index (κ1) is 17.2. The Morgan fingerprint density at radius 2 is 2.04 bits per heavy atom. The van der Waals surface area contributed by atoms with Crippen LogP contribution in [0.3, 0.4) is 0 Å². The molecule has 0 aliphatic heterocycles. The molecule has 8 heteroatoms.